The molecular formula is C18H23NO6S. The van der Waals surface area contributed by atoms with E-state index in [-0.39, 0.29) is 36.0 Å². The number of Topliss-reactive ketones (excluding diaryl/α,β-unsaturated/α-hetero) is 1. The molecule has 2 heterocycles. The van der Waals surface area contributed by atoms with E-state index in [1.165, 1.54) is 0 Å². The molecule has 0 radical (unpaired) electrons. The highest BCUT2D eigenvalue weighted by Gasteiger charge is 2.45. The Morgan fingerprint density at radius 1 is 1.19 bits per heavy atom. The molecule has 3 rings (SSSR count). The number of rotatable bonds is 6. The number of ether oxygens (including phenoxy) is 2. The molecule has 0 spiro atoms. The normalized spacial score (nSPS) is 24.1. The summed E-state index contributed by atoms with van der Waals surface area (Å²) in [6.07, 6.45) is 0.518. The van der Waals surface area contributed by atoms with Gasteiger partial charge in [-0.3, -0.25) is 9.59 Å². The minimum absolute atomic E-state index is 0.0165. The Morgan fingerprint density at radius 2 is 1.92 bits per heavy atom. The van der Waals surface area contributed by atoms with Gasteiger partial charge in [-0.25, -0.2) is 8.42 Å². The molecule has 1 aromatic rings. The van der Waals surface area contributed by atoms with Gasteiger partial charge in [-0.2, -0.15) is 0 Å². The van der Waals surface area contributed by atoms with Crippen LogP contribution in [0.1, 0.15) is 29.6 Å². The van der Waals surface area contributed by atoms with Crippen LogP contribution in [0.15, 0.2) is 24.3 Å². The zero-order chi connectivity index (χ0) is 18.7. The van der Waals surface area contributed by atoms with E-state index < -0.39 is 22.0 Å². The second-order valence-electron chi connectivity index (χ2n) is 6.65. The van der Waals surface area contributed by atoms with Crippen LogP contribution in [0.5, 0.6) is 5.75 Å². The van der Waals surface area contributed by atoms with Gasteiger partial charge in [0.25, 0.3) is 0 Å². The van der Waals surface area contributed by atoms with Crippen molar-refractivity contribution in [2.75, 3.05) is 31.8 Å². The molecule has 1 aromatic carbocycles. The van der Waals surface area contributed by atoms with Gasteiger partial charge in [0, 0.05) is 24.9 Å². The van der Waals surface area contributed by atoms with E-state index in [4.69, 9.17) is 9.47 Å². The molecule has 2 unspecified atom stereocenters. The average Bonchev–Trinajstić information content (AvgIpc) is 2.95. The number of carbonyl (C=O) groups excluding carboxylic acids is 2. The fraction of sp³-hybridized carbons (Fsp3) is 0.556. The van der Waals surface area contributed by atoms with Crippen molar-refractivity contribution in [2.24, 2.45) is 0 Å². The number of ketones is 1. The Balaban J connectivity index is 1.51. The smallest absolute Gasteiger partial charge is 0.223 e. The molecule has 7 nitrogen and oxygen atoms in total. The summed E-state index contributed by atoms with van der Waals surface area (Å²) in [6.45, 7) is 0.759. The summed E-state index contributed by atoms with van der Waals surface area (Å²) < 4.78 is 34.2. The summed E-state index contributed by atoms with van der Waals surface area (Å²) in [5.41, 5.74) is 0.589. The third-order valence-corrected chi connectivity index (χ3v) is 6.55. The van der Waals surface area contributed by atoms with Crippen LogP contribution in [0.2, 0.25) is 0 Å². The highest BCUT2D eigenvalue weighted by Crippen LogP contribution is 2.25. The predicted octanol–water partition coefficient (Wildman–Crippen LogP) is 1.07. The third kappa shape index (κ3) is 4.24. The maximum Gasteiger partial charge on any atom is 0.223 e. The van der Waals surface area contributed by atoms with Crippen molar-refractivity contribution in [1.82, 2.24) is 4.90 Å². The number of hydrogen-bond donors (Lipinski definition) is 0. The quantitative estimate of drug-likeness (QED) is 0.685. The fourth-order valence-corrected chi connectivity index (χ4v) is 5.36. The monoisotopic (exact) mass is 381 g/mol. The number of amides is 1. The molecule has 2 aliphatic rings. The molecule has 8 heteroatoms. The summed E-state index contributed by atoms with van der Waals surface area (Å²) in [5, 5.41) is 0. The second kappa shape index (κ2) is 7.75. The molecule has 0 aromatic heterocycles. The summed E-state index contributed by atoms with van der Waals surface area (Å²) in [4.78, 5) is 26.3. The lowest BCUT2D eigenvalue weighted by Gasteiger charge is -2.36. The summed E-state index contributed by atoms with van der Waals surface area (Å²) in [6, 6.07) is 6.48. The average molecular weight is 381 g/mol. The molecule has 0 bridgehead atoms. The van der Waals surface area contributed by atoms with E-state index in [1.54, 1.807) is 36.3 Å². The van der Waals surface area contributed by atoms with Crippen LogP contribution in [0.4, 0.5) is 0 Å². The number of nitrogens with zero attached hydrogens (tertiary/aromatic N) is 1. The molecule has 142 valence electrons. The first kappa shape index (κ1) is 18.8. The van der Waals surface area contributed by atoms with Crippen LogP contribution in [-0.4, -0.2) is 68.9 Å². The molecule has 2 saturated heterocycles. The molecule has 2 fully saturated rings. The van der Waals surface area contributed by atoms with Gasteiger partial charge < -0.3 is 14.4 Å². The lowest BCUT2D eigenvalue weighted by Crippen LogP contribution is -2.53. The summed E-state index contributed by atoms with van der Waals surface area (Å²) in [5.74, 6) is 0.503. The molecule has 2 atom stereocenters. The lowest BCUT2D eigenvalue weighted by molar-refractivity contribution is -0.142. The van der Waals surface area contributed by atoms with Crippen molar-refractivity contribution in [2.45, 2.75) is 31.4 Å². The van der Waals surface area contributed by atoms with Gasteiger partial charge in [0.05, 0.1) is 37.4 Å². The zero-order valence-electron chi connectivity index (χ0n) is 14.7. The fourth-order valence-electron chi connectivity index (χ4n) is 3.49. The van der Waals surface area contributed by atoms with E-state index in [0.29, 0.717) is 30.9 Å². The van der Waals surface area contributed by atoms with Crippen LogP contribution in [0.25, 0.3) is 0 Å². The van der Waals surface area contributed by atoms with Crippen LogP contribution in [0.3, 0.4) is 0 Å². The molecule has 0 saturated carbocycles. The van der Waals surface area contributed by atoms with E-state index >= 15 is 0 Å². The summed E-state index contributed by atoms with van der Waals surface area (Å²) in [7, 11) is -1.59. The third-order valence-electron chi connectivity index (χ3n) is 4.86. The predicted molar refractivity (Wildman–Crippen MR) is 95.1 cm³/mol. The van der Waals surface area contributed by atoms with Crippen LogP contribution >= 0.6 is 0 Å². The van der Waals surface area contributed by atoms with Crippen molar-refractivity contribution in [3.05, 3.63) is 29.8 Å². The standard InChI is InChI=1S/C18H23NO6S/c1-24-14-7-5-13(6-8-14)16(20)3-2-4-18(21)19-9-10-25-17-12-26(22,23)11-15(17)19/h5-8,15,17H,2-4,9-12H2,1H3. The van der Waals surface area contributed by atoms with Crippen molar-refractivity contribution in [1.29, 1.82) is 0 Å². The number of morpholine rings is 1. The van der Waals surface area contributed by atoms with Gasteiger partial charge in [-0.15, -0.1) is 0 Å². The SMILES string of the molecule is COc1ccc(C(=O)CCCC(=O)N2CCOC3CS(=O)(=O)CC32)cc1. The Morgan fingerprint density at radius 3 is 2.62 bits per heavy atom. The number of carbonyl (C=O) groups is 2. The number of sulfone groups is 1. The molecule has 0 N–H and O–H groups in total. The Labute approximate surface area is 153 Å². The number of fused-ring (bicyclic) bond motifs is 1. The number of hydrogen-bond acceptors (Lipinski definition) is 6. The van der Waals surface area contributed by atoms with Crippen LogP contribution in [0, 0.1) is 0 Å². The summed E-state index contributed by atoms with van der Waals surface area (Å²) >= 11 is 0. The van der Waals surface area contributed by atoms with E-state index in [9.17, 15) is 18.0 Å². The van der Waals surface area contributed by atoms with Gasteiger partial charge in [-0.05, 0) is 30.7 Å². The Kier molecular flexibility index (Phi) is 5.62. The molecular weight excluding hydrogens is 358 g/mol. The molecule has 1 amide bonds. The van der Waals surface area contributed by atoms with Crippen molar-refractivity contribution in [3.8, 4) is 5.75 Å². The van der Waals surface area contributed by atoms with Gasteiger partial charge in [0.1, 0.15) is 5.75 Å². The largest absolute Gasteiger partial charge is 0.497 e. The van der Waals surface area contributed by atoms with E-state index in [0.717, 1.165) is 0 Å². The minimum atomic E-state index is -3.15. The maximum absolute atomic E-state index is 12.5. The van der Waals surface area contributed by atoms with Gasteiger partial charge in [-0.1, -0.05) is 0 Å². The highest BCUT2D eigenvalue weighted by atomic mass is 32.2. The van der Waals surface area contributed by atoms with Crippen molar-refractivity contribution < 1.29 is 27.5 Å². The Hall–Kier alpha value is -1.93. The topological polar surface area (TPSA) is 90.0 Å². The minimum Gasteiger partial charge on any atom is -0.497 e. The van der Waals surface area contributed by atoms with Crippen molar-refractivity contribution >= 4 is 21.5 Å². The van der Waals surface area contributed by atoms with Crippen LogP contribution < -0.4 is 4.74 Å². The van der Waals surface area contributed by atoms with Gasteiger partial charge in [0.2, 0.25) is 5.91 Å². The number of methoxy groups -OCH3 is 1. The van der Waals surface area contributed by atoms with E-state index in [1.807, 2.05) is 0 Å². The molecule has 0 aliphatic carbocycles. The first-order valence-corrected chi connectivity index (χ1v) is 10.5. The highest BCUT2D eigenvalue weighted by molar-refractivity contribution is 7.91. The second-order valence-corrected chi connectivity index (χ2v) is 8.80. The maximum atomic E-state index is 12.5. The number of benzene rings is 1. The zero-order valence-corrected chi connectivity index (χ0v) is 15.5. The van der Waals surface area contributed by atoms with Crippen molar-refractivity contribution in [3.63, 3.8) is 0 Å². The molecule has 2 aliphatic heterocycles. The molecule has 26 heavy (non-hydrogen) atoms. The van der Waals surface area contributed by atoms with Gasteiger partial charge >= 0.3 is 0 Å². The van der Waals surface area contributed by atoms with Crippen LogP contribution in [-0.2, 0) is 19.4 Å². The van der Waals surface area contributed by atoms with E-state index in [2.05, 4.69) is 0 Å². The Bertz CT molecular complexity index is 773. The first-order chi connectivity index (χ1) is 12.4. The first-order valence-electron chi connectivity index (χ1n) is 8.68. The van der Waals surface area contributed by atoms with Gasteiger partial charge in [0.15, 0.2) is 15.6 Å². The lowest BCUT2D eigenvalue weighted by atomic mass is 10.0.